The van der Waals surface area contributed by atoms with Gasteiger partial charge in [-0.2, -0.15) is 0 Å². The zero-order valence-corrected chi connectivity index (χ0v) is 19.4. The minimum absolute atomic E-state index is 0.993. The van der Waals surface area contributed by atoms with Gasteiger partial charge in [-0.25, -0.2) is 0 Å². The molecule has 0 saturated heterocycles. The van der Waals surface area contributed by atoms with Crippen molar-refractivity contribution in [2.75, 3.05) is 13.2 Å². The van der Waals surface area contributed by atoms with E-state index in [1.165, 1.54) is 128 Å². The van der Waals surface area contributed by atoms with Crippen LogP contribution in [0.4, 0.5) is 0 Å². The van der Waals surface area contributed by atoms with Crippen LogP contribution in [0.3, 0.4) is 0 Å². The molecular formula is C26H54O. The molecule has 0 aliphatic carbocycles. The van der Waals surface area contributed by atoms with Crippen molar-refractivity contribution in [1.82, 2.24) is 0 Å². The molecule has 0 N–H and O–H groups in total. The van der Waals surface area contributed by atoms with E-state index in [-0.39, 0.29) is 0 Å². The van der Waals surface area contributed by atoms with E-state index in [9.17, 15) is 0 Å². The Labute approximate surface area is 173 Å². The Morgan fingerprint density at radius 3 is 0.852 bits per heavy atom. The molecule has 0 bridgehead atoms. The molecule has 0 unspecified atom stereocenters. The van der Waals surface area contributed by atoms with Gasteiger partial charge in [0.15, 0.2) is 0 Å². The van der Waals surface area contributed by atoms with Gasteiger partial charge in [0, 0.05) is 13.2 Å². The maximum atomic E-state index is 5.77. The third-order valence-corrected chi connectivity index (χ3v) is 5.28. The van der Waals surface area contributed by atoms with Gasteiger partial charge in [-0.15, -0.1) is 13.2 Å². The molecule has 0 aliphatic heterocycles. The largest absolute Gasteiger partial charge is 0.381 e. The van der Waals surface area contributed by atoms with E-state index in [1.54, 1.807) is 0 Å². The van der Waals surface area contributed by atoms with Crippen LogP contribution in [0, 0.1) is 0 Å². The first-order valence-corrected chi connectivity index (χ1v) is 12.5. The molecule has 0 rings (SSSR count). The SMILES string of the molecule is C=C.CCCCCCCCCCCCCCOCCCCCCCCCC. The quantitative estimate of drug-likeness (QED) is 0.134. The molecule has 0 radical (unpaired) electrons. The summed E-state index contributed by atoms with van der Waals surface area (Å²) in [5.74, 6) is 0. The first kappa shape index (κ1) is 28.9. The molecule has 0 heterocycles. The van der Waals surface area contributed by atoms with Crippen LogP contribution in [-0.2, 0) is 4.74 Å². The van der Waals surface area contributed by atoms with Crippen LogP contribution in [0.25, 0.3) is 0 Å². The van der Waals surface area contributed by atoms with Crippen molar-refractivity contribution >= 4 is 0 Å². The predicted octanol–water partition coefficient (Wildman–Crippen LogP) is 9.65. The lowest BCUT2D eigenvalue weighted by atomic mass is 10.1. The van der Waals surface area contributed by atoms with Crippen LogP contribution in [0.15, 0.2) is 13.2 Å². The molecule has 0 amide bonds. The molecule has 27 heavy (non-hydrogen) atoms. The highest BCUT2D eigenvalue weighted by Gasteiger charge is 1.95. The molecule has 0 aliphatic rings. The van der Waals surface area contributed by atoms with E-state index in [4.69, 9.17) is 4.74 Å². The highest BCUT2D eigenvalue weighted by Crippen LogP contribution is 2.12. The topological polar surface area (TPSA) is 9.23 Å². The summed E-state index contributed by atoms with van der Waals surface area (Å²) in [6.45, 7) is 12.6. The van der Waals surface area contributed by atoms with Crippen LogP contribution in [0.5, 0.6) is 0 Å². The maximum absolute atomic E-state index is 5.77. The fourth-order valence-electron chi connectivity index (χ4n) is 3.49. The summed E-state index contributed by atoms with van der Waals surface area (Å²) in [5.41, 5.74) is 0. The second-order valence-corrected chi connectivity index (χ2v) is 7.98. The number of hydrogen-bond donors (Lipinski definition) is 0. The number of rotatable bonds is 22. The Balaban J connectivity index is 0. The molecule has 0 saturated carbocycles. The Hall–Kier alpha value is -0.300. The van der Waals surface area contributed by atoms with Gasteiger partial charge in [0.05, 0.1) is 0 Å². The summed E-state index contributed by atoms with van der Waals surface area (Å²) in [7, 11) is 0. The first-order chi connectivity index (χ1) is 13.4. The lowest BCUT2D eigenvalue weighted by molar-refractivity contribution is 0.125. The standard InChI is InChI=1S/C24H50O.C2H4/c1-3-5-7-9-11-13-14-15-16-18-20-22-24-25-23-21-19-17-12-10-8-6-4-2;1-2/h3-24H2,1-2H3;1-2H2. The van der Waals surface area contributed by atoms with E-state index in [0.29, 0.717) is 0 Å². The summed E-state index contributed by atoms with van der Waals surface area (Å²) in [4.78, 5) is 0. The van der Waals surface area contributed by atoms with E-state index in [2.05, 4.69) is 27.0 Å². The Kier molecular flexibility index (Phi) is 32.6. The average Bonchev–Trinajstić information content (AvgIpc) is 2.70. The van der Waals surface area contributed by atoms with Crippen LogP contribution < -0.4 is 0 Å². The summed E-state index contributed by atoms with van der Waals surface area (Å²) in [5, 5.41) is 0. The van der Waals surface area contributed by atoms with Gasteiger partial charge in [0.2, 0.25) is 0 Å². The molecule has 1 heteroatoms. The Morgan fingerprint density at radius 2 is 0.593 bits per heavy atom. The van der Waals surface area contributed by atoms with Crippen LogP contribution in [0.2, 0.25) is 0 Å². The summed E-state index contributed by atoms with van der Waals surface area (Å²) in [6.07, 6.45) is 28.2. The molecule has 0 spiro atoms. The van der Waals surface area contributed by atoms with Gasteiger partial charge < -0.3 is 4.74 Å². The van der Waals surface area contributed by atoms with Gasteiger partial charge in [-0.3, -0.25) is 0 Å². The third kappa shape index (κ3) is 30.7. The normalized spacial score (nSPS) is 10.6. The second-order valence-electron chi connectivity index (χ2n) is 7.98. The zero-order chi connectivity index (χ0) is 20.3. The van der Waals surface area contributed by atoms with Crippen molar-refractivity contribution in [2.45, 2.75) is 142 Å². The minimum atomic E-state index is 0.993. The fraction of sp³-hybridized carbons (Fsp3) is 0.923. The van der Waals surface area contributed by atoms with Crippen molar-refractivity contribution in [1.29, 1.82) is 0 Å². The first-order valence-electron chi connectivity index (χ1n) is 12.5. The molecule has 1 nitrogen and oxygen atoms in total. The van der Waals surface area contributed by atoms with E-state index in [0.717, 1.165) is 13.2 Å². The molecule has 0 atom stereocenters. The number of unbranched alkanes of at least 4 members (excludes halogenated alkanes) is 18. The maximum Gasteiger partial charge on any atom is 0.0466 e. The molecular weight excluding hydrogens is 328 g/mol. The van der Waals surface area contributed by atoms with Gasteiger partial charge in [0.1, 0.15) is 0 Å². The van der Waals surface area contributed by atoms with Crippen LogP contribution in [-0.4, -0.2) is 13.2 Å². The van der Waals surface area contributed by atoms with Crippen molar-refractivity contribution < 1.29 is 4.74 Å². The highest BCUT2D eigenvalue weighted by molar-refractivity contribution is 4.49. The van der Waals surface area contributed by atoms with Crippen LogP contribution in [0.1, 0.15) is 142 Å². The lowest BCUT2D eigenvalue weighted by Gasteiger charge is -2.05. The van der Waals surface area contributed by atoms with E-state index >= 15 is 0 Å². The van der Waals surface area contributed by atoms with E-state index in [1.807, 2.05) is 0 Å². The number of hydrogen-bond acceptors (Lipinski definition) is 1. The van der Waals surface area contributed by atoms with Gasteiger partial charge in [0.25, 0.3) is 0 Å². The zero-order valence-electron chi connectivity index (χ0n) is 19.4. The second kappa shape index (κ2) is 30.4. The smallest absolute Gasteiger partial charge is 0.0466 e. The summed E-state index contributed by atoms with van der Waals surface area (Å²) in [6, 6.07) is 0. The Morgan fingerprint density at radius 1 is 0.370 bits per heavy atom. The lowest BCUT2D eigenvalue weighted by Crippen LogP contribution is -1.97. The molecule has 0 fully saturated rings. The van der Waals surface area contributed by atoms with Crippen molar-refractivity contribution in [3.63, 3.8) is 0 Å². The molecule has 0 aromatic heterocycles. The molecule has 0 aromatic rings. The van der Waals surface area contributed by atoms with Crippen LogP contribution >= 0.6 is 0 Å². The van der Waals surface area contributed by atoms with Gasteiger partial charge >= 0.3 is 0 Å². The summed E-state index contributed by atoms with van der Waals surface area (Å²) >= 11 is 0. The van der Waals surface area contributed by atoms with Gasteiger partial charge in [-0.1, -0.05) is 129 Å². The average molecular weight is 383 g/mol. The highest BCUT2D eigenvalue weighted by atomic mass is 16.5. The van der Waals surface area contributed by atoms with Gasteiger partial charge in [-0.05, 0) is 12.8 Å². The monoisotopic (exact) mass is 382 g/mol. The molecule has 0 aromatic carbocycles. The number of ether oxygens (including phenoxy) is 1. The Bertz CT molecular complexity index is 204. The minimum Gasteiger partial charge on any atom is -0.381 e. The molecule has 164 valence electrons. The predicted molar refractivity (Wildman–Crippen MR) is 126 cm³/mol. The summed E-state index contributed by atoms with van der Waals surface area (Å²) < 4.78 is 5.77. The third-order valence-electron chi connectivity index (χ3n) is 5.28. The van der Waals surface area contributed by atoms with Crippen molar-refractivity contribution in [3.05, 3.63) is 13.2 Å². The van der Waals surface area contributed by atoms with E-state index < -0.39 is 0 Å². The van der Waals surface area contributed by atoms with Crippen molar-refractivity contribution in [2.24, 2.45) is 0 Å². The fourth-order valence-corrected chi connectivity index (χ4v) is 3.49. The van der Waals surface area contributed by atoms with Crippen molar-refractivity contribution in [3.8, 4) is 0 Å².